The summed E-state index contributed by atoms with van der Waals surface area (Å²) >= 11 is 7.31. The summed E-state index contributed by atoms with van der Waals surface area (Å²) in [7, 11) is 0. The van der Waals surface area contributed by atoms with Crippen molar-refractivity contribution in [3.63, 3.8) is 0 Å². The van der Waals surface area contributed by atoms with Crippen LogP contribution in [0.5, 0.6) is 0 Å². The lowest BCUT2D eigenvalue weighted by Gasteiger charge is -2.00. The van der Waals surface area contributed by atoms with Gasteiger partial charge in [0, 0.05) is 23.2 Å². The van der Waals surface area contributed by atoms with Gasteiger partial charge in [0.05, 0.1) is 5.56 Å². The standard InChI is InChI=1S/C12H9ClN2OS/c13-11-3-1-9(2-4-11)8-17-12-14-5-10(7-16)6-15-12/h1-7H,8H2. The van der Waals surface area contributed by atoms with Crippen LogP contribution in [0.2, 0.25) is 5.02 Å². The van der Waals surface area contributed by atoms with Gasteiger partial charge in [-0.15, -0.1) is 0 Å². The molecule has 0 bridgehead atoms. The van der Waals surface area contributed by atoms with Crippen molar-refractivity contribution in [2.45, 2.75) is 10.9 Å². The Kier molecular flexibility index (Phi) is 4.12. The molecule has 3 nitrogen and oxygen atoms in total. The number of thioether (sulfide) groups is 1. The van der Waals surface area contributed by atoms with Crippen LogP contribution in [0.25, 0.3) is 0 Å². The number of carbonyl (C=O) groups excluding carboxylic acids is 1. The van der Waals surface area contributed by atoms with Crippen molar-refractivity contribution in [1.82, 2.24) is 9.97 Å². The molecular weight excluding hydrogens is 256 g/mol. The molecule has 0 amide bonds. The van der Waals surface area contributed by atoms with Gasteiger partial charge in [-0.2, -0.15) is 0 Å². The lowest BCUT2D eigenvalue weighted by molar-refractivity contribution is 0.112. The molecule has 0 N–H and O–H groups in total. The van der Waals surface area contributed by atoms with Gasteiger partial charge in [0.2, 0.25) is 0 Å². The van der Waals surface area contributed by atoms with Gasteiger partial charge < -0.3 is 0 Å². The molecule has 2 aromatic rings. The fourth-order valence-corrected chi connectivity index (χ4v) is 2.06. The van der Waals surface area contributed by atoms with Gasteiger partial charge in [-0.05, 0) is 17.7 Å². The molecule has 0 fully saturated rings. The number of hydrogen-bond acceptors (Lipinski definition) is 4. The lowest BCUT2D eigenvalue weighted by Crippen LogP contribution is -1.90. The Labute approximate surface area is 108 Å². The van der Waals surface area contributed by atoms with Crippen LogP contribution in [-0.4, -0.2) is 16.3 Å². The second-order valence-electron chi connectivity index (χ2n) is 3.33. The molecule has 0 spiro atoms. The van der Waals surface area contributed by atoms with E-state index in [1.54, 1.807) is 0 Å². The third-order valence-corrected chi connectivity index (χ3v) is 3.26. The van der Waals surface area contributed by atoms with Gasteiger partial charge in [0.1, 0.15) is 0 Å². The first-order chi connectivity index (χ1) is 8.28. The van der Waals surface area contributed by atoms with Crippen LogP contribution in [0.4, 0.5) is 0 Å². The Morgan fingerprint density at radius 1 is 1.18 bits per heavy atom. The molecule has 0 aliphatic rings. The summed E-state index contributed by atoms with van der Waals surface area (Å²) in [6.07, 6.45) is 3.77. The van der Waals surface area contributed by atoms with Gasteiger partial charge in [-0.1, -0.05) is 35.5 Å². The van der Waals surface area contributed by atoms with Crippen LogP contribution in [0.15, 0.2) is 41.8 Å². The highest BCUT2D eigenvalue weighted by molar-refractivity contribution is 7.98. The van der Waals surface area contributed by atoms with Crippen LogP contribution in [0.3, 0.4) is 0 Å². The normalized spacial score (nSPS) is 10.2. The molecule has 1 heterocycles. The number of aromatic nitrogens is 2. The van der Waals surface area contributed by atoms with Crippen molar-refractivity contribution in [3.05, 3.63) is 52.8 Å². The summed E-state index contributed by atoms with van der Waals surface area (Å²) in [6.45, 7) is 0. The van der Waals surface area contributed by atoms with E-state index in [1.165, 1.54) is 24.2 Å². The minimum absolute atomic E-state index is 0.487. The summed E-state index contributed by atoms with van der Waals surface area (Å²) in [5.74, 6) is 0.775. The van der Waals surface area contributed by atoms with Gasteiger partial charge >= 0.3 is 0 Å². The van der Waals surface area contributed by atoms with E-state index >= 15 is 0 Å². The largest absolute Gasteiger partial charge is 0.298 e. The molecule has 0 radical (unpaired) electrons. The van der Waals surface area contributed by atoms with Gasteiger partial charge in [0.25, 0.3) is 0 Å². The Bertz CT molecular complexity index is 499. The van der Waals surface area contributed by atoms with Gasteiger partial charge in [-0.25, -0.2) is 9.97 Å². The van der Waals surface area contributed by atoms with E-state index in [-0.39, 0.29) is 0 Å². The molecule has 0 unspecified atom stereocenters. The quantitative estimate of drug-likeness (QED) is 0.483. The molecule has 5 heteroatoms. The van der Waals surface area contributed by atoms with Crippen LogP contribution < -0.4 is 0 Å². The lowest BCUT2D eigenvalue weighted by atomic mass is 10.2. The zero-order valence-electron chi connectivity index (χ0n) is 8.84. The predicted octanol–water partition coefficient (Wildman–Crippen LogP) is 3.23. The van der Waals surface area contributed by atoms with E-state index in [0.29, 0.717) is 10.7 Å². The average Bonchev–Trinajstić information content (AvgIpc) is 2.39. The van der Waals surface area contributed by atoms with Crippen molar-refractivity contribution < 1.29 is 4.79 Å². The molecule has 2 rings (SSSR count). The van der Waals surface area contributed by atoms with Crippen LogP contribution >= 0.6 is 23.4 Å². The van der Waals surface area contributed by atoms with Crippen LogP contribution in [0.1, 0.15) is 15.9 Å². The van der Waals surface area contributed by atoms with E-state index in [1.807, 2.05) is 24.3 Å². The minimum atomic E-state index is 0.487. The molecule has 0 aliphatic carbocycles. The van der Waals surface area contributed by atoms with E-state index in [9.17, 15) is 4.79 Å². The minimum Gasteiger partial charge on any atom is -0.298 e. The first-order valence-electron chi connectivity index (χ1n) is 4.92. The first kappa shape index (κ1) is 12.1. The Balaban J connectivity index is 1.97. The first-order valence-corrected chi connectivity index (χ1v) is 6.29. The monoisotopic (exact) mass is 264 g/mol. The highest BCUT2D eigenvalue weighted by Gasteiger charge is 1.99. The van der Waals surface area contributed by atoms with Crippen molar-refractivity contribution in [2.24, 2.45) is 0 Å². The number of rotatable bonds is 4. The van der Waals surface area contributed by atoms with Crippen molar-refractivity contribution in [3.8, 4) is 0 Å². The highest BCUT2D eigenvalue weighted by atomic mass is 35.5. The molecule has 0 aliphatic heterocycles. The van der Waals surface area contributed by atoms with Crippen molar-refractivity contribution in [1.29, 1.82) is 0 Å². The van der Waals surface area contributed by atoms with Crippen molar-refractivity contribution in [2.75, 3.05) is 0 Å². The SMILES string of the molecule is O=Cc1cnc(SCc2ccc(Cl)cc2)nc1. The second-order valence-corrected chi connectivity index (χ2v) is 4.71. The molecule has 0 atom stereocenters. The van der Waals surface area contributed by atoms with Crippen LogP contribution in [-0.2, 0) is 5.75 Å². The molecule has 0 saturated carbocycles. The third-order valence-electron chi connectivity index (χ3n) is 2.07. The topological polar surface area (TPSA) is 42.9 Å². The average molecular weight is 265 g/mol. The molecule has 1 aromatic heterocycles. The number of nitrogens with zero attached hydrogens (tertiary/aromatic N) is 2. The zero-order valence-corrected chi connectivity index (χ0v) is 10.4. The van der Waals surface area contributed by atoms with E-state index in [4.69, 9.17) is 11.6 Å². The number of halogens is 1. The zero-order chi connectivity index (χ0) is 12.1. The second kappa shape index (κ2) is 5.80. The predicted molar refractivity (Wildman–Crippen MR) is 68.4 cm³/mol. The summed E-state index contributed by atoms with van der Waals surface area (Å²) in [6, 6.07) is 7.64. The third kappa shape index (κ3) is 3.54. The fraction of sp³-hybridized carbons (Fsp3) is 0.0833. The molecule has 86 valence electrons. The Morgan fingerprint density at radius 3 is 2.41 bits per heavy atom. The number of hydrogen-bond donors (Lipinski definition) is 0. The molecular formula is C12H9ClN2OS. The van der Waals surface area contributed by atoms with Gasteiger partial charge in [-0.3, -0.25) is 4.79 Å². The molecule has 17 heavy (non-hydrogen) atoms. The number of aldehydes is 1. The highest BCUT2D eigenvalue weighted by Crippen LogP contribution is 2.19. The number of carbonyl (C=O) groups is 1. The Morgan fingerprint density at radius 2 is 1.82 bits per heavy atom. The maximum absolute atomic E-state index is 10.4. The smallest absolute Gasteiger partial charge is 0.187 e. The van der Waals surface area contributed by atoms with Crippen LogP contribution in [0, 0.1) is 0 Å². The number of benzene rings is 1. The van der Waals surface area contributed by atoms with E-state index in [0.717, 1.165) is 22.6 Å². The van der Waals surface area contributed by atoms with Crippen molar-refractivity contribution >= 4 is 29.6 Å². The summed E-state index contributed by atoms with van der Waals surface area (Å²) in [5.41, 5.74) is 1.64. The summed E-state index contributed by atoms with van der Waals surface area (Å²) < 4.78 is 0. The van der Waals surface area contributed by atoms with E-state index in [2.05, 4.69) is 9.97 Å². The molecule has 1 aromatic carbocycles. The summed E-state index contributed by atoms with van der Waals surface area (Å²) in [5, 5.41) is 1.39. The molecule has 0 saturated heterocycles. The summed E-state index contributed by atoms with van der Waals surface area (Å²) in [4.78, 5) is 18.6. The maximum Gasteiger partial charge on any atom is 0.187 e. The van der Waals surface area contributed by atoms with Gasteiger partial charge in [0.15, 0.2) is 11.4 Å². The maximum atomic E-state index is 10.4. The fourth-order valence-electron chi connectivity index (χ4n) is 1.19. The van der Waals surface area contributed by atoms with E-state index < -0.39 is 0 Å². The Hall–Kier alpha value is -1.39.